The standard InChI is InChI=1S/C29H29F2N6O3/c1-34-25-21(33-27(34)22-12-19-3-2-8-32-26(19)37(22)14-17-4-5-17)11-20(13-24(25)40-29(30)31)28(39)35-9-6-18-7-10-36(16-38)23(18)15-35/h2-3,8,11-13,17-18,23,29H,4-7,9-10,14-15H2,1H3/t18-,23+/m1/s1. The topological polar surface area (TPSA) is 85.5 Å². The second kappa shape index (κ2) is 9.57. The number of hydrogen-bond acceptors (Lipinski definition) is 5. The zero-order valence-electron chi connectivity index (χ0n) is 22.1. The van der Waals surface area contributed by atoms with Crippen LogP contribution < -0.4 is 4.74 Å². The van der Waals surface area contributed by atoms with E-state index in [1.807, 2.05) is 24.6 Å². The molecule has 9 nitrogen and oxygen atoms in total. The Morgan fingerprint density at radius 2 is 2.00 bits per heavy atom. The lowest BCUT2D eigenvalue weighted by molar-refractivity contribution is -0.0490. The highest BCUT2D eigenvalue weighted by Crippen LogP contribution is 2.38. The molecule has 2 saturated heterocycles. The van der Waals surface area contributed by atoms with Crippen molar-refractivity contribution in [3.05, 3.63) is 42.1 Å². The van der Waals surface area contributed by atoms with E-state index in [9.17, 15) is 18.4 Å². The van der Waals surface area contributed by atoms with Crippen LogP contribution in [0.2, 0.25) is 0 Å². The van der Waals surface area contributed by atoms with Crippen LogP contribution in [0.4, 0.5) is 8.78 Å². The van der Waals surface area contributed by atoms with Crippen molar-refractivity contribution in [2.75, 3.05) is 19.6 Å². The fourth-order valence-corrected chi connectivity index (χ4v) is 6.49. The zero-order valence-corrected chi connectivity index (χ0v) is 22.1. The molecule has 7 rings (SSSR count). The third-order valence-corrected chi connectivity index (χ3v) is 8.69. The number of fused-ring (bicyclic) bond motifs is 3. The number of likely N-dealkylation sites (tertiary alicyclic amines) is 2. The summed E-state index contributed by atoms with van der Waals surface area (Å²) in [6.07, 6.45) is 7.76. The number of alkyl halides is 2. The van der Waals surface area contributed by atoms with Gasteiger partial charge in [-0.2, -0.15) is 8.78 Å². The summed E-state index contributed by atoms with van der Waals surface area (Å²) >= 11 is 0. The summed E-state index contributed by atoms with van der Waals surface area (Å²) in [5, 5.41) is 0.974. The van der Waals surface area contributed by atoms with E-state index in [0.29, 0.717) is 48.3 Å². The number of pyridine rings is 1. The fraction of sp³-hybridized carbons (Fsp3) is 0.448. The summed E-state index contributed by atoms with van der Waals surface area (Å²) in [4.78, 5) is 37.8. The fourth-order valence-electron chi connectivity index (χ4n) is 6.49. The summed E-state index contributed by atoms with van der Waals surface area (Å²) in [6.45, 7) is -0.692. The van der Waals surface area contributed by atoms with E-state index in [1.165, 1.54) is 6.07 Å². The first-order valence-corrected chi connectivity index (χ1v) is 13.7. The molecule has 1 aliphatic carbocycles. The van der Waals surface area contributed by atoms with Crippen LogP contribution in [0.15, 0.2) is 36.5 Å². The average Bonchev–Trinajstić information content (AvgIpc) is 3.42. The van der Waals surface area contributed by atoms with E-state index in [0.717, 1.165) is 49.0 Å². The van der Waals surface area contributed by atoms with Crippen molar-refractivity contribution >= 4 is 34.4 Å². The molecule has 1 saturated carbocycles. The largest absolute Gasteiger partial charge is 0.432 e. The normalized spacial score (nSPS) is 21.0. The van der Waals surface area contributed by atoms with E-state index in [4.69, 9.17) is 9.72 Å². The highest BCUT2D eigenvalue weighted by Gasteiger charge is 2.40. The number of nitrogens with zero attached hydrogens (tertiary/aromatic N) is 6. The number of halogens is 2. The molecule has 2 amide bonds. The Bertz CT molecular complexity index is 1630. The number of piperidine rings is 1. The van der Waals surface area contributed by atoms with Crippen LogP contribution in [0.5, 0.6) is 5.75 Å². The molecule has 0 spiro atoms. The van der Waals surface area contributed by atoms with Gasteiger partial charge in [-0.05, 0) is 67.9 Å². The molecule has 207 valence electrons. The summed E-state index contributed by atoms with van der Waals surface area (Å²) in [5.41, 5.74) is 2.70. The van der Waals surface area contributed by atoms with Gasteiger partial charge < -0.3 is 23.7 Å². The molecular formula is C29H29F2N6O3. The monoisotopic (exact) mass is 547 g/mol. The van der Waals surface area contributed by atoms with Crippen molar-refractivity contribution in [2.24, 2.45) is 18.9 Å². The smallest absolute Gasteiger partial charge is 0.387 e. The van der Waals surface area contributed by atoms with Crippen molar-refractivity contribution in [1.29, 1.82) is 0 Å². The van der Waals surface area contributed by atoms with Gasteiger partial charge in [0.25, 0.3) is 5.91 Å². The lowest BCUT2D eigenvalue weighted by atomic mass is 9.92. The number of ether oxygens (including phenoxy) is 1. The predicted molar refractivity (Wildman–Crippen MR) is 144 cm³/mol. The van der Waals surface area contributed by atoms with Crippen LogP contribution in [0.25, 0.3) is 33.6 Å². The minimum Gasteiger partial charge on any atom is -0.432 e. The highest BCUT2D eigenvalue weighted by atomic mass is 19.3. The van der Waals surface area contributed by atoms with E-state index in [-0.39, 0.29) is 23.3 Å². The third-order valence-electron chi connectivity index (χ3n) is 8.69. The molecular weight excluding hydrogens is 518 g/mol. The van der Waals surface area contributed by atoms with Gasteiger partial charge in [-0.3, -0.25) is 9.59 Å². The van der Waals surface area contributed by atoms with Crippen LogP contribution in [0.1, 0.15) is 36.0 Å². The van der Waals surface area contributed by atoms with Gasteiger partial charge in [0.05, 0.1) is 17.3 Å². The molecule has 4 aromatic rings. The number of aryl methyl sites for hydroxylation is 1. The van der Waals surface area contributed by atoms with Crippen molar-refractivity contribution < 1.29 is 23.1 Å². The van der Waals surface area contributed by atoms with Gasteiger partial charge >= 0.3 is 13.0 Å². The average molecular weight is 548 g/mol. The van der Waals surface area contributed by atoms with Gasteiger partial charge in [0.15, 0.2) is 11.6 Å². The van der Waals surface area contributed by atoms with Gasteiger partial charge in [-0.1, -0.05) is 0 Å². The molecule has 2 atom stereocenters. The first-order chi connectivity index (χ1) is 19.4. The Kier molecular flexibility index (Phi) is 5.97. The molecule has 5 heterocycles. The number of benzene rings is 1. The molecule has 40 heavy (non-hydrogen) atoms. The van der Waals surface area contributed by atoms with E-state index in [2.05, 4.69) is 9.55 Å². The number of amides is 2. The van der Waals surface area contributed by atoms with E-state index >= 15 is 0 Å². The third kappa shape index (κ3) is 4.18. The van der Waals surface area contributed by atoms with Crippen LogP contribution in [0.3, 0.4) is 0 Å². The Morgan fingerprint density at radius 3 is 2.77 bits per heavy atom. The lowest BCUT2D eigenvalue weighted by Crippen LogP contribution is -2.49. The minimum absolute atomic E-state index is 0.0702. The van der Waals surface area contributed by atoms with Gasteiger partial charge in [-0.25, -0.2) is 9.97 Å². The first-order valence-electron chi connectivity index (χ1n) is 13.7. The van der Waals surface area contributed by atoms with Gasteiger partial charge in [0.1, 0.15) is 11.2 Å². The van der Waals surface area contributed by atoms with Crippen LogP contribution >= 0.6 is 0 Å². The van der Waals surface area contributed by atoms with Crippen LogP contribution in [-0.4, -0.2) is 73.5 Å². The molecule has 1 radical (unpaired) electrons. The Morgan fingerprint density at radius 1 is 1.18 bits per heavy atom. The van der Waals surface area contributed by atoms with E-state index < -0.39 is 6.61 Å². The summed E-state index contributed by atoms with van der Waals surface area (Å²) in [7, 11) is 1.77. The maximum Gasteiger partial charge on any atom is 0.387 e. The van der Waals surface area contributed by atoms with Crippen LogP contribution in [-0.2, 0) is 18.4 Å². The summed E-state index contributed by atoms with van der Waals surface area (Å²) in [5.74, 6) is 1.11. The molecule has 11 heteroatoms. The quantitative estimate of drug-likeness (QED) is 0.346. The molecule has 1 aromatic carbocycles. The SMILES string of the molecule is Cn1c(-c2cc3cccnc3n2CC2CC2)nc2cc(C(=O)N3CC[C@@H]4CCN([C]=O)[C@H]4C3)cc(OC(F)F)c21. The van der Waals surface area contributed by atoms with Crippen molar-refractivity contribution in [3.63, 3.8) is 0 Å². The Balaban J connectivity index is 1.30. The maximum atomic E-state index is 13.6. The molecule has 0 N–H and O–H groups in total. The molecule has 0 unspecified atom stereocenters. The number of carbonyl (C=O) groups is 1. The summed E-state index contributed by atoms with van der Waals surface area (Å²) < 4.78 is 36.0. The number of aromatic nitrogens is 4. The van der Waals surface area contributed by atoms with Crippen molar-refractivity contribution in [2.45, 2.75) is 44.9 Å². The highest BCUT2D eigenvalue weighted by molar-refractivity contribution is 6.00. The van der Waals surface area contributed by atoms with Gasteiger partial charge in [-0.15, -0.1) is 0 Å². The predicted octanol–water partition coefficient (Wildman–Crippen LogP) is 4.21. The minimum atomic E-state index is -3.07. The molecule has 3 aliphatic rings. The number of hydrogen-bond donors (Lipinski definition) is 0. The second-order valence-electron chi connectivity index (χ2n) is 11.2. The van der Waals surface area contributed by atoms with Gasteiger partial charge in [0.2, 0.25) is 0 Å². The zero-order chi connectivity index (χ0) is 27.5. The first kappa shape index (κ1) is 25.0. The molecule has 3 aromatic heterocycles. The number of rotatable bonds is 7. The molecule has 0 bridgehead atoms. The van der Waals surface area contributed by atoms with Crippen molar-refractivity contribution in [3.8, 4) is 17.3 Å². The number of imidazole rings is 1. The van der Waals surface area contributed by atoms with Crippen molar-refractivity contribution in [1.82, 2.24) is 28.9 Å². The molecule has 3 fully saturated rings. The molecule has 2 aliphatic heterocycles. The Hall–Kier alpha value is -4.02. The summed E-state index contributed by atoms with van der Waals surface area (Å²) in [6, 6.07) is 8.86. The lowest BCUT2D eigenvalue weighted by Gasteiger charge is -2.37. The number of carbonyl (C=O) groups excluding carboxylic acids is 2. The second-order valence-corrected chi connectivity index (χ2v) is 11.2. The maximum absolute atomic E-state index is 13.6. The van der Waals surface area contributed by atoms with Crippen LogP contribution in [0, 0.1) is 11.8 Å². The van der Waals surface area contributed by atoms with E-state index in [1.54, 1.807) is 33.7 Å². The Labute approximate surface area is 229 Å². The van der Waals surface area contributed by atoms with Gasteiger partial charge in [0, 0.05) is 50.4 Å².